The first-order valence-corrected chi connectivity index (χ1v) is 6.49. The minimum absolute atomic E-state index is 0.288. The molecule has 1 unspecified atom stereocenters. The Hall–Kier alpha value is -1.88. The first kappa shape index (κ1) is 14.5. The molecule has 0 bridgehead atoms. The number of primary amides is 1. The van der Waals surface area contributed by atoms with Gasteiger partial charge in [-0.2, -0.15) is 5.10 Å². The van der Waals surface area contributed by atoms with Crippen LogP contribution in [0.5, 0.6) is 0 Å². The average Bonchev–Trinajstić information content (AvgIpc) is 2.68. The van der Waals surface area contributed by atoms with E-state index < -0.39 is 17.6 Å². The summed E-state index contributed by atoms with van der Waals surface area (Å²) in [5.41, 5.74) is 7.81. The second kappa shape index (κ2) is 5.63. The van der Waals surface area contributed by atoms with Crippen LogP contribution in [0.25, 0.3) is 0 Å². The lowest BCUT2D eigenvalue weighted by atomic mass is 9.93. The van der Waals surface area contributed by atoms with Crippen LogP contribution >= 0.6 is 11.6 Å². The fraction of sp³-hybridized carbons (Fsp3) is 0.286. The Morgan fingerprint density at radius 1 is 1.55 bits per heavy atom. The van der Waals surface area contributed by atoms with Crippen molar-refractivity contribution in [2.24, 2.45) is 12.8 Å². The molecular weight excluding hydrogens is 281 g/mol. The van der Waals surface area contributed by atoms with E-state index in [1.54, 1.807) is 24.0 Å². The van der Waals surface area contributed by atoms with E-state index in [9.17, 15) is 9.18 Å². The lowest BCUT2D eigenvalue weighted by Crippen LogP contribution is -2.26. The van der Waals surface area contributed by atoms with Crippen LogP contribution in [0.3, 0.4) is 0 Å². The van der Waals surface area contributed by atoms with Gasteiger partial charge in [-0.05, 0) is 36.6 Å². The highest BCUT2D eigenvalue weighted by atomic mass is 35.5. The zero-order valence-electron chi connectivity index (χ0n) is 11.2. The number of aromatic nitrogens is 2. The standard InChI is InChI=1S/C14H15ClFN3O/c1-8-7-18-19(2)13(8)11(14(17)20)5-9-3-4-10(16)6-12(9)15/h3-4,6-7,11H,5H2,1-2H3,(H2,17,20). The van der Waals surface area contributed by atoms with Gasteiger partial charge in [-0.1, -0.05) is 17.7 Å². The number of nitrogens with zero attached hydrogens (tertiary/aromatic N) is 2. The highest BCUT2D eigenvalue weighted by Crippen LogP contribution is 2.27. The van der Waals surface area contributed by atoms with Gasteiger partial charge in [0.15, 0.2) is 0 Å². The van der Waals surface area contributed by atoms with Gasteiger partial charge in [-0.25, -0.2) is 4.39 Å². The number of nitrogens with two attached hydrogens (primary N) is 1. The molecule has 2 N–H and O–H groups in total. The van der Waals surface area contributed by atoms with Gasteiger partial charge in [-0.15, -0.1) is 0 Å². The van der Waals surface area contributed by atoms with Crippen molar-refractivity contribution in [1.82, 2.24) is 9.78 Å². The molecule has 0 aliphatic rings. The third kappa shape index (κ3) is 2.82. The number of halogens is 2. The van der Waals surface area contributed by atoms with Gasteiger partial charge in [0.05, 0.1) is 17.8 Å². The molecule has 0 aliphatic carbocycles. The molecule has 0 fully saturated rings. The summed E-state index contributed by atoms with van der Waals surface area (Å²) in [5, 5.41) is 4.40. The molecule has 0 spiro atoms. The normalized spacial score (nSPS) is 12.4. The van der Waals surface area contributed by atoms with Crippen LogP contribution in [0.2, 0.25) is 5.02 Å². The number of hydrogen-bond acceptors (Lipinski definition) is 2. The summed E-state index contributed by atoms with van der Waals surface area (Å²) in [6.45, 7) is 1.87. The van der Waals surface area contributed by atoms with Crippen LogP contribution in [0, 0.1) is 12.7 Å². The maximum absolute atomic E-state index is 13.1. The van der Waals surface area contributed by atoms with E-state index in [2.05, 4.69) is 5.10 Å². The molecule has 0 radical (unpaired) electrons. The molecule has 1 aromatic carbocycles. The summed E-state index contributed by atoms with van der Waals surface area (Å²) in [6, 6.07) is 4.11. The van der Waals surface area contributed by atoms with Crippen LogP contribution < -0.4 is 5.73 Å². The summed E-state index contributed by atoms with van der Waals surface area (Å²) in [4.78, 5) is 11.7. The van der Waals surface area contributed by atoms with Crippen molar-refractivity contribution in [3.8, 4) is 0 Å². The molecule has 6 heteroatoms. The Labute approximate surface area is 121 Å². The van der Waals surface area contributed by atoms with Crippen molar-refractivity contribution in [2.45, 2.75) is 19.3 Å². The van der Waals surface area contributed by atoms with Gasteiger partial charge in [0.1, 0.15) is 5.82 Å². The third-order valence-electron chi connectivity index (χ3n) is 3.29. The van der Waals surface area contributed by atoms with Crippen LogP contribution in [-0.2, 0) is 18.3 Å². The molecule has 0 saturated heterocycles. The first-order chi connectivity index (χ1) is 9.40. The minimum Gasteiger partial charge on any atom is -0.369 e. The monoisotopic (exact) mass is 295 g/mol. The van der Waals surface area contributed by atoms with Gasteiger partial charge >= 0.3 is 0 Å². The Kier molecular flexibility index (Phi) is 4.09. The number of rotatable bonds is 4. The van der Waals surface area contributed by atoms with Gasteiger partial charge in [0.2, 0.25) is 5.91 Å². The second-order valence-electron chi connectivity index (χ2n) is 4.73. The van der Waals surface area contributed by atoms with E-state index in [1.165, 1.54) is 12.1 Å². The molecular formula is C14H15ClFN3O. The van der Waals surface area contributed by atoms with E-state index in [4.69, 9.17) is 17.3 Å². The van der Waals surface area contributed by atoms with Gasteiger partial charge in [0.25, 0.3) is 0 Å². The zero-order chi connectivity index (χ0) is 14.9. The quantitative estimate of drug-likeness (QED) is 0.941. The smallest absolute Gasteiger partial charge is 0.226 e. The van der Waals surface area contributed by atoms with Crippen molar-refractivity contribution in [3.63, 3.8) is 0 Å². The number of amides is 1. The summed E-state index contributed by atoms with van der Waals surface area (Å²) in [5.74, 6) is -1.42. The molecule has 1 atom stereocenters. The highest BCUT2D eigenvalue weighted by molar-refractivity contribution is 6.31. The Bertz CT molecular complexity index is 634. The van der Waals surface area contributed by atoms with E-state index in [0.717, 1.165) is 11.3 Å². The Balaban J connectivity index is 2.38. The number of carbonyl (C=O) groups excluding carboxylic acids is 1. The predicted molar refractivity (Wildman–Crippen MR) is 75.0 cm³/mol. The number of hydrogen-bond donors (Lipinski definition) is 1. The molecule has 106 valence electrons. The zero-order valence-corrected chi connectivity index (χ0v) is 12.0. The van der Waals surface area contributed by atoms with Crippen molar-refractivity contribution >= 4 is 17.5 Å². The molecule has 20 heavy (non-hydrogen) atoms. The van der Waals surface area contributed by atoms with Crippen molar-refractivity contribution in [2.75, 3.05) is 0 Å². The van der Waals surface area contributed by atoms with Crippen LogP contribution in [0.15, 0.2) is 24.4 Å². The summed E-state index contributed by atoms with van der Waals surface area (Å²) in [6.07, 6.45) is 1.99. The molecule has 4 nitrogen and oxygen atoms in total. The third-order valence-corrected chi connectivity index (χ3v) is 3.64. The molecule has 1 amide bonds. The van der Waals surface area contributed by atoms with Crippen LogP contribution in [-0.4, -0.2) is 15.7 Å². The fourth-order valence-corrected chi connectivity index (χ4v) is 2.54. The summed E-state index contributed by atoms with van der Waals surface area (Å²) < 4.78 is 14.7. The molecule has 2 aromatic rings. The van der Waals surface area contributed by atoms with E-state index in [1.807, 2.05) is 6.92 Å². The minimum atomic E-state index is -0.550. The molecule has 0 saturated carbocycles. The maximum atomic E-state index is 13.1. The number of benzene rings is 1. The average molecular weight is 296 g/mol. The predicted octanol–water partition coefficient (Wildman–Crippen LogP) is 2.33. The largest absolute Gasteiger partial charge is 0.369 e. The maximum Gasteiger partial charge on any atom is 0.226 e. The molecule has 2 rings (SSSR count). The van der Waals surface area contributed by atoms with Gasteiger partial charge in [0, 0.05) is 12.1 Å². The van der Waals surface area contributed by atoms with Crippen LogP contribution in [0.4, 0.5) is 4.39 Å². The lowest BCUT2D eigenvalue weighted by molar-refractivity contribution is -0.119. The van der Waals surface area contributed by atoms with E-state index in [0.29, 0.717) is 12.0 Å². The lowest BCUT2D eigenvalue weighted by Gasteiger charge is -2.16. The number of aryl methyl sites for hydroxylation is 2. The fourth-order valence-electron chi connectivity index (χ4n) is 2.30. The van der Waals surface area contributed by atoms with Gasteiger partial charge in [-0.3, -0.25) is 9.48 Å². The Morgan fingerprint density at radius 3 is 2.75 bits per heavy atom. The molecule has 1 aromatic heterocycles. The van der Waals surface area contributed by atoms with Crippen LogP contribution in [0.1, 0.15) is 22.7 Å². The summed E-state index contributed by atoms with van der Waals surface area (Å²) >= 11 is 6.00. The first-order valence-electron chi connectivity index (χ1n) is 6.12. The second-order valence-corrected chi connectivity index (χ2v) is 5.14. The number of carbonyl (C=O) groups is 1. The SMILES string of the molecule is Cc1cnn(C)c1C(Cc1ccc(F)cc1Cl)C(N)=O. The highest BCUT2D eigenvalue weighted by Gasteiger charge is 2.24. The van der Waals surface area contributed by atoms with Gasteiger partial charge < -0.3 is 5.73 Å². The molecule has 1 heterocycles. The van der Waals surface area contributed by atoms with Crippen molar-refractivity contribution < 1.29 is 9.18 Å². The van der Waals surface area contributed by atoms with E-state index in [-0.39, 0.29) is 5.02 Å². The topological polar surface area (TPSA) is 60.9 Å². The molecule has 0 aliphatic heterocycles. The van der Waals surface area contributed by atoms with Crippen molar-refractivity contribution in [1.29, 1.82) is 0 Å². The Morgan fingerprint density at radius 2 is 2.25 bits per heavy atom. The van der Waals surface area contributed by atoms with E-state index >= 15 is 0 Å². The summed E-state index contributed by atoms with van der Waals surface area (Å²) in [7, 11) is 1.75. The van der Waals surface area contributed by atoms with Crippen molar-refractivity contribution in [3.05, 3.63) is 52.1 Å².